The largest absolute Gasteiger partial charge is 0.741 e. The lowest BCUT2D eigenvalue weighted by molar-refractivity contribution is -0.697. The van der Waals surface area contributed by atoms with Crippen LogP contribution in [-0.4, -0.2) is 18.5 Å². The number of pyridine rings is 1. The van der Waals surface area contributed by atoms with E-state index in [0.717, 1.165) is 0 Å². The Morgan fingerprint density at radius 3 is 1.63 bits per heavy atom. The molecule has 4 nitrogen and oxygen atoms in total. The molecule has 0 spiro atoms. The van der Waals surface area contributed by atoms with Crippen molar-refractivity contribution >= 4 is 10.1 Å². The lowest BCUT2D eigenvalue weighted by Crippen LogP contribution is -2.32. The molecule has 0 aromatic carbocycles. The highest BCUT2D eigenvalue weighted by molar-refractivity contribution is 7.86. The van der Waals surface area contributed by atoms with Gasteiger partial charge in [-0.2, -0.15) is 13.2 Å². The van der Waals surface area contributed by atoms with E-state index in [-0.39, 0.29) is 0 Å². The summed E-state index contributed by atoms with van der Waals surface area (Å²) in [5, 5.41) is 0. The molecule has 1 aromatic heterocycles. The van der Waals surface area contributed by atoms with Gasteiger partial charge in [-0.3, -0.25) is 0 Å². The van der Waals surface area contributed by atoms with Gasteiger partial charge in [-0.05, 0) is 18.9 Å². The maximum absolute atomic E-state index is 10.7. The molecule has 0 aliphatic rings. The highest BCUT2D eigenvalue weighted by atomic mass is 32.2. The number of nitrogens with zero attached hydrogens (tertiary/aromatic N) is 1. The van der Waals surface area contributed by atoms with Crippen molar-refractivity contribution in [3.8, 4) is 0 Å². The first-order valence-electron chi connectivity index (χ1n) is 9.55. The second-order valence-electron chi connectivity index (χ2n) is 6.70. The van der Waals surface area contributed by atoms with Crippen LogP contribution < -0.4 is 4.57 Å². The monoisotopic (exact) mass is 411 g/mol. The van der Waals surface area contributed by atoms with Crippen LogP contribution in [-0.2, 0) is 16.7 Å². The molecule has 0 radical (unpaired) electrons. The normalized spacial score (nSPS) is 11.8. The van der Waals surface area contributed by atoms with Gasteiger partial charge in [0.1, 0.15) is 6.54 Å². The minimum Gasteiger partial charge on any atom is -0.741 e. The van der Waals surface area contributed by atoms with Crippen LogP contribution in [0.1, 0.15) is 76.7 Å². The second-order valence-corrected chi connectivity index (χ2v) is 8.07. The molecule has 0 atom stereocenters. The Morgan fingerprint density at radius 1 is 0.889 bits per heavy atom. The lowest BCUT2D eigenvalue weighted by Gasteiger charge is -2.08. The molecular formula is C19H32F3NO3S. The number of alkyl halides is 3. The number of halogens is 3. The van der Waals surface area contributed by atoms with E-state index in [1.807, 2.05) is 0 Å². The van der Waals surface area contributed by atoms with Gasteiger partial charge in [0.05, 0.1) is 0 Å². The molecule has 0 unspecified atom stereocenters. The van der Waals surface area contributed by atoms with Crippen molar-refractivity contribution in [3.63, 3.8) is 0 Å². The van der Waals surface area contributed by atoms with Gasteiger partial charge in [0.15, 0.2) is 22.5 Å². The minimum atomic E-state index is -6.09. The lowest BCUT2D eigenvalue weighted by atomic mass is 10.1. The molecule has 158 valence electrons. The standard InChI is InChI=1S/C18H32N.CHF3O3S/c1-3-4-5-6-7-8-9-10-11-12-15-19-16-13-18(2)14-17-19;2-1(3,4)8(5,6)7/h13-14,16-17H,3-12,15H2,1-2H3;(H,5,6,7)/q+1;/p-1. The van der Waals surface area contributed by atoms with Crippen LogP contribution in [0, 0.1) is 6.92 Å². The van der Waals surface area contributed by atoms with Crippen LogP contribution in [0.15, 0.2) is 24.5 Å². The fourth-order valence-corrected chi connectivity index (χ4v) is 2.46. The first-order chi connectivity index (χ1) is 12.6. The Balaban J connectivity index is 0.000000713. The maximum Gasteiger partial charge on any atom is 0.485 e. The summed E-state index contributed by atoms with van der Waals surface area (Å²) in [6.07, 6.45) is 18.5. The highest BCUT2D eigenvalue weighted by Gasteiger charge is 2.36. The summed E-state index contributed by atoms with van der Waals surface area (Å²) in [5.41, 5.74) is -4.30. The molecule has 1 aromatic rings. The van der Waals surface area contributed by atoms with E-state index in [0.29, 0.717) is 0 Å². The molecule has 0 bridgehead atoms. The molecule has 0 saturated heterocycles. The fourth-order valence-electron chi connectivity index (χ4n) is 2.46. The maximum atomic E-state index is 10.7. The average molecular weight is 412 g/mol. The van der Waals surface area contributed by atoms with Crippen LogP contribution in [0.3, 0.4) is 0 Å². The molecule has 1 heterocycles. The Bertz CT molecular complexity index is 587. The van der Waals surface area contributed by atoms with Gasteiger partial charge < -0.3 is 4.55 Å². The van der Waals surface area contributed by atoms with E-state index in [1.54, 1.807) is 0 Å². The van der Waals surface area contributed by atoms with E-state index in [1.165, 1.54) is 76.3 Å². The van der Waals surface area contributed by atoms with E-state index >= 15 is 0 Å². The van der Waals surface area contributed by atoms with Crippen molar-refractivity contribution in [2.45, 2.75) is 90.1 Å². The first kappa shape index (κ1) is 25.9. The van der Waals surface area contributed by atoms with E-state index in [9.17, 15) is 13.2 Å². The zero-order valence-corrected chi connectivity index (χ0v) is 17.1. The predicted octanol–water partition coefficient (Wildman–Crippen LogP) is 5.25. The van der Waals surface area contributed by atoms with Crippen molar-refractivity contribution in [3.05, 3.63) is 30.1 Å². The van der Waals surface area contributed by atoms with E-state index < -0.39 is 15.6 Å². The fraction of sp³-hybridized carbons (Fsp3) is 0.737. The number of hydrogen-bond donors (Lipinski definition) is 0. The van der Waals surface area contributed by atoms with Crippen molar-refractivity contribution in [2.75, 3.05) is 0 Å². The van der Waals surface area contributed by atoms with Gasteiger partial charge in [-0.25, -0.2) is 13.0 Å². The third kappa shape index (κ3) is 14.6. The number of hydrogen-bond acceptors (Lipinski definition) is 3. The topological polar surface area (TPSA) is 61.1 Å². The molecule has 0 N–H and O–H groups in total. The number of rotatable bonds is 11. The summed E-state index contributed by atoms with van der Waals surface area (Å²) in [7, 11) is -6.09. The van der Waals surface area contributed by atoms with E-state index in [2.05, 4.69) is 42.9 Å². The Labute approximate surface area is 161 Å². The summed E-state index contributed by atoms with van der Waals surface area (Å²) in [6.45, 7) is 5.60. The molecule has 0 aliphatic carbocycles. The first-order valence-corrected chi connectivity index (χ1v) is 11.0. The minimum absolute atomic E-state index is 1.18. The zero-order valence-electron chi connectivity index (χ0n) is 16.3. The van der Waals surface area contributed by atoms with Crippen LogP contribution in [0.5, 0.6) is 0 Å². The van der Waals surface area contributed by atoms with Gasteiger partial charge in [-0.15, -0.1) is 0 Å². The Kier molecular flexibility index (Phi) is 13.3. The van der Waals surface area contributed by atoms with Crippen LogP contribution in [0.25, 0.3) is 0 Å². The van der Waals surface area contributed by atoms with E-state index in [4.69, 9.17) is 13.0 Å². The van der Waals surface area contributed by atoms with Crippen LogP contribution >= 0.6 is 0 Å². The van der Waals surface area contributed by atoms with Gasteiger partial charge in [0.2, 0.25) is 0 Å². The van der Waals surface area contributed by atoms with Crippen molar-refractivity contribution in [1.82, 2.24) is 0 Å². The Hall–Kier alpha value is -1.15. The Morgan fingerprint density at radius 2 is 1.26 bits per heavy atom. The zero-order chi connectivity index (χ0) is 20.8. The second kappa shape index (κ2) is 13.9. The van der Waals surface area contributed by atoms with Crippen molar-refractivity contribution in [2.24, 2.45) is 0 Å². The molecule has 0 aliphatic heterocycles. The summed E-state index contributed by atoms with van der Waals surface area (Å²) < 4.78 is 61.2. The summed E-state index contributed by atoms with van der Waals surface area (Å²) in [4.78, 5) is 0. The summed E-state index contributed by atoms with van der Waals surface area (Å²) in [6, 6.07) is 4.38. The van der Waals surface area contributed by atoms with Gasteiger partial charge in [0, 0.05) is 18.6 Å². The smallest absolute Gasteiger partial charge is 0.485 e. The predicted molar refractivity (Wildman–Crippen MR) is 99.0 cm³/mol. The summed E-state index contributed by atoms with van der Waals surface area (Å²) >= 11 is 0. The number of aromatic nitrogens is 1. The van der Waals surface area contributed by atoms with Gasteiger partial charge in [-0.1, -0.05) is 58.3 Å². The number of unbranched alkanes of at least 4 members (excludes halogenated alkanes) is 9. The number of aryl methyl sites for hydroxylation is 2. The van der Waals surface area contributed by atoms with Crippen LogP contribution in [0.2, 0.25) is 0 Å². The third-order valence-electron chi connectivity index (χ3n) is 4.11. The third-order valence-corrected chi connectivity index (χ3v) is 4.68. The highest BCUT2D eigenvalue weighted by Crippen LogP contribution is 2.20. The van der Waals surface area contributed by atoms with Gasteiger partial charge in [0.25, 0.3) is 0 Å². The summed E-state index contributed by atoms with van der Waals surface area (Å²) in [5.74, 6) is 0. The van der Waals surface area contributed by atoms with Gasteiger partial charge >= 0.3 is 5.51 Å². The molecule has 27 heavy (non-hydrogen) atoms. The molecule has 8 heteroatoms. The molecule has 0 amide bonds. The van der Waals surface area contributed by atoms with Crippen LogP contribution in [0.4, 0.5) is 13.2 Å². The molecule has 0 saturated carbocycles. The molecular weight excluding hydrogens is 379 g/mol. The molecule has 1 rings (SSSR count). The van der Waals surface area contributed by atoms with Crippen molar-refractivity contribution < 1.29 is 30.7 Å². The average Bonchev–Trinajstić information content (AvgIpc) is 2.57. The SMILES string of the molecule is CCCCCCCCCCCC[n+]1ccc(C)cc1.O=S(=O)([O-])C(F)(F)F. The quantitative estimate of drug-likeness (QED) is 0.216. The van der Waals surface area contributed by atoms with Crippen molar-refractivity contribution in [1.29, 1.82) is 0 Å². The molecule has 0 fully saturated rings.